The maximum absolute atomic E-state index is 13.1. The smallest absolute Gasteiger partial charge is 0.257 e. The lowest BCUT2D eigenvalue weighted by molar-refractivity contribution is 0.0758. The fraction of sp³-hybridized carbons (Fsp3) is 0.435. The number of thioether (sulfide) groups is 1. The minimum atomic E-state index is -3.74. The topological polar surface area (TPSA) is 75.7 Å². The molecular formula is C23H29ClN2O4S2. The van der Waals surface area contributed by atoms with Crippen LogP contribution < -0.4 is 9.46 Å². The minimum Gasteiger partial charge on any atom is -0.496 e. The van der Waals surface area contributed by atoms with Gasteiger partial charge in [-0.2, -0.15) is 11.8 Å². The van der Waals surface area contributed by atoms with Crippen molar-refractivity contribution in [3.8, 4) is 5.75 Å². The molecule has 1 aliphatic rings. The Morgan fingerprint density at radius 1 is 1.09 bits per heavy atom. The number of benzene rings is 2. The van der Waals surface area contributed by atoms with E-state index in [0.29, 0.717) is 36.2 Å². The van der Waals surface area contributed by atoms with Gasteiger partial charge in [0.05, 0.1) is 17.6 Å². The monoisotopic (exact) mass is 496 g/mol. The lowest BCUT2D eigenvalue weighted by atomic mass is 10.1. The van der Waals surface area contributed by atoms with Gasteiger partial charge >= 0.3 is 0 Å². The number of nitrogens with zero attached hydrogens (tertiary/aromatic N) is 1. The number of carbonyl (C=O) groups is 1. The second-order valence-electron chi connectivity index (χ2n) is 7.65. The molecule has 0 radical (unpaired) electrons. The zero-order valence-electron chi connectivity index (χ0n) is 18.2. The average Bonchev–Trinajstić information content (AvgIpc) is 3.09. The summed E-state index contributed by atoms with van der Waals surface area (Å²) in [4.78, 5) is 14.9. The van der Waals surface area contributed by atoms with Crippen LogP contribution in [0.15, 0.2) is 47.4 Å². The summed E-state index contributed by atoms with van der Waals surface area (Å²) in [7, 11) is -2.25. The Balaban J connectivity index is 1.61. The van der Waals surface area contributed by atoms with E-state index >= 15 is 0 Å². The van der Waals surface area contributed by atoms with Gasteiger partial charge in [0.2, 0.25) is 10.0 Å². The van der Waals surface area contributed by atoms with Gasteiger partial charge in [0.1, 0.15) is 5.75 Å². The third-order valence-corrected chi connectivity index (χ3v) is 8.07. The quantitative estimate of drug-likeness (QED) is 0.514. The first kappa shape index (κ1) is 24.9. The Morgan fingerprint density at radius 3 is 2.44 bits per heavy atom. The van der Waals surface area contributed by atoms with Gasteiger partial charge in [-0.05, 0) is 48.7 Å². The molecule has 9 heteroatoms. The first-order chi connectivity index (χ1) is 15.4. The molecule has 2 aromatic carbocycles. The summed E-state index contributed by atoms with van der Waals surface area (Å²) in [5.41, 5.74) is 1.42. The number of amides is 1. The Labute approximate surface area is 199 Å². The van der Waals surface area contributed by atoms with E-state index in [9.17, 15) is 13.2 Å². The van der Waals surface area contributed by atoms with Gasteiger partial charge in [0.25, 0.3) is 5.91 Å². The van der Waals surface area contributed by atoms with Crippen LogP contribution in [-0.4, -0.2) is 51.7 Å². The molecule has 0 unspecified atom stereocenters. The molecule has 1 amide bonds. The molecule has 0 aliphatic carbocycles. The number of likely N-dealkylation sites (tertiary alicyclic amines) is 1. The maximum atomic E-state index is 13.1. The Hall–Kier alpha value is -1.74. The van der Waals surface area contributed by atoms with Crippen LogP contribution in [0.5, 0.6) is 5.75 Å². The molecule has 2 aromatic rings. The van der Waals surface area contributed by atoms with Crippen molar-refractivity contribution in [2.45, 2.75) is 36.3 Å². The van der Waals surface area contributed by atoms with Gasteiger partial charge in [0, 0.05) is 36.2 Å². The normalized spacial score (nSPS) is 14.8. The number of hydrogen-bond acceptors (Lipinski definition) is 5. The van der Waals surface area contributed by atoms with Gasteiger partial charge in [0.15, 0.2) is 0 Å². The fourth-order valence-electron chi connectivity index (χ4n) is 3.57. The summed E-state index contributed by atoms with van der Waals surface area (Å²) in [6.07, 6.45) is 4.13. The first-order valence-corrected chi connectivity index (χ1v) is 13.7. The molecule has 0 bridgehead atoms. The standard InChI is InChI=1S/C23H29ClN2O4S2/c1-30-22-11-10-20(16-21(22)23(27)26-13-4-2-3-5-14-26)32(28,29)25-12-15-31-17-18-6-8-19(24)9-7-18/h6-11,16,25H,2-5,12-15,17H2,1H3. The molecule has 1 N–H and O–H groups in total. The zero-order chi connectivity index (χ0) is 23.0. The van der Waals surface area contributed by atoms with Crippen molar-refractivity contribution in [1.29, 1.82) is 0 Å². The Bertz CT molecular complexity index is 1010. The Morgan fingerprint density at radius 2 is 1.78 bits per heavy atom. The van der Waals surface area contributed by atoms with Crippen LogP contribution in [0.1, 0.15) is 41.6 Å². The molecule has 1 heterocycles. The number of sulfonamides is 1. The number of methoxy groups -OCH3 is 1. The van der Waals surface area contributed by atoms with Crippen LogP contribution >= 0.6 is 23.4 Å². The van der Waals surface area contributed by atoms with Crippen molar-refractivity contribution in [3.63, 3.8) is 0 Å². The molecule has 6 nitrogen and oxygen atoms in total. The zero-order valence-corrected chi connectivity index (χ0v) is 20.6. The summed E-state index contributed by atoms with van der Waals surface area (Å²) in [5, 5.41) is 0.694. The molecule has 0 spiro atoms. The number of nitrogens with one attached hydrogen (secondary N) is 1. The van der Waals surface area contributed by atoms with E-state index in [1.165, 1.54) is 19.2 Å². The molecule has 174 valence electrons. The Kier molecular flexibility index (Phi) is 9.28. The predicted octanol–water partition coefficient (Wildman–Crippen LogP) is 4.58. The largest absolute Gasteiger partial charge is 0.496 e. The van der Waals surface area contributed by atoms with Crippen LogP contribution in [0.3, 0.4) is 0 Å². The molecule has 0 aromatic heterocycles. The van der Waals surface area contributed by atoms with Gasteiger partial charge in [-0.25, -0.2) is 13.1 Å². The molecule has 0 saturated carbocycles. The third-order valence-electron chi connectivity index (χ3n) is 5.33. The SMILES string of the molecule is COc1ccc(S(=O)(=O)NCCSCc2ccc(Cl)cc2)cc1C(=O)N1CCCCCC1. The highest BCUT2D eigenvalue weighted by atomic mass is 35.5. The predicted molar refractivity (Wildman–Crippen MR) is 130 cm³/mol. The van der Waals surface area contributed by atoms with Gasteiger partial charge in [-0.3, -0.25) is 4.79 Å². The van der Waals surface area contributed by atoms with Crippen LogP contribution in [-0.2, 0) is 15.8 Å². The molecule has 32 heavy (non-hydrogen) atoms. The minimum absolute atomic E-state index is 0.0687. The number of hydrogen-bond donors (Lipinski definition) is 1. The van der Waals surface area contributed by atoms with Gasteiger partial charge < -0.3 is 9.64 Å². The highest BCUT2D eigenvalue weighted by Crippen LogP contribution is 2.25. The van der Waals surface area contributed by atoms with Crippen molar-refractivity contribution in [2.24, 2.45) is 0 Å². The maximum Gasteiger partial charge on any atom is 0.257 e. The summed E-state index contributed by atoms with van der Waals surface area (Å²) in [6.45, 7) is 1.66. The van der Waals surface area contributed by atoms with Crippen molar-refractivity contribution in [2.75, 3.05) is 32.5 Å². The summed E-state index contributed by atoms with van der Waals surface area (Å²) in [5.74, 6) is 1.60. The average molecular weight is 497 g/mol. The van der Waals surface area contributed by atoms with E-state index in [0.717, 1.165) is 37.0 Å². The molecule has 0 atom stereocenters. The number of rotatable bonds is 9. The van der Waals surface area contributed by atoms with Crippen LogP contribution in [0.25, 0.3) is 0 Å². The van der Waals surface area contributed by atoms with Crippen LogP contribution in [0, 0.1) is 0 Å². The van der Waals surface area contributed by atoms with E-state index in [1.54, 1.807) is 22.7 Å². The van der Waals surface area contributed by atoms with Crippen molar-refractivity contribution in [3.05, 3.63) is 58.6 Å². The molecule has 1 aliphatic heterocycles. The van der Waals surface area contributed by atoms with Gasteiger partial charge in [-0.1, -0.05) is 36.6 Å². The lowest BCUT2D eigenvalue weighted by Gasteiger charge is -2.22. The van der Waals surface area contributed by atoms with E-state index < -0.39 is 10.0 Å². The number of carbonyl (C=O) groups excluding carboxylic acids is 1. The fourth-order valence-corrected chi connectivity index (χ4v) is 5.70. The van der Waals surface area contributed by atoms with E-state index in [2.05, 4.69) is 4.72 Å². The summed E-state index contributed by atoms with van der Waals surface area (Å²) in [6, 6.07) is 12.0. The highest BCUT2D eigenvalue weighted by Gasteiger charge is 2.24. The second-order valence-corrected chi connectivity index (χ2v) is 11.0. The third kappa shape index (κ3) is 6.88. The molecule has 1 saturated heterocycles. The first-order valence-electron chi connectivity index (χ1n) is 10.7. The van der Waals surface area contributed by atoms with E-state index in [-0.39, 0.29) is 16.4 Å². The second kappa shape index (κ2) is 11.9. The van der Waals surface area contributed by atoms with E-state index in [1.807, 2.05) is 24.3 Å². The van der Waals surface area contributed by atoms with Crippen molar-refractivity contribution < 1.29 is 17.9 Å². The number of halogens is 1. The van der Waals surface area contributed by atoms with Gasteiger partial charge in [-0.15, -0.1) is 0 Å². The van der Waals surface area contributed by atoms with Crippen molar-refractivity contribution in [1.82, 2.24) is 9.62 Å². The van der Waals surface area contributed by atoms with Crippen LogP contribution in [0.4, 0.5) is 0 Å². The highest BCUT2D eigenvalue weighted by molar-refractivity contribution is 7.98. The summed E-state index contributed by atoms with van der Waals surface area (Å²) < 4.78 is 33.6. The van der Waals surface area contributed by atoms with Crippen molar-refractivity contribution >= 4 is 39.3 Å². The lowest BCUT2D eigenvalue weighted by Crippen LogP contribution is -2.32. The van der Waals surface area contributed by atoms with E-state index in [4.69, 9.17) is 16.3 Å². The molecule has 1 fully saturated rings. The summed E-state index contributed by atoms with van der Waals surface area (Å²) >= 11 is 7.52. The van der Waals surface area contributed by atoms with Crippen LogP contribution in [0.2, 0.25) is 5.02 Å². The molecular weight excluding hydrogens is 468 g/mol. The molecule has 3 rings (SSSR count). The number of ether oxygens (including phenoxy) is 1.